The molecule has 0 unspecified atom stereocenters. The third-order valence-corrected chi connectivity index (χ3v) is 4.44. The minimum absolute atomic E-state index is 0.0630. The molecule has 0 atom stereocenters. The van der Waals surface area contributed by atoms with Crippen LogP contribution in [0.2, 0.25) is 0 Å². The van der Waals surface area contributed by atoms with E-state index in [9.17, 15) is 14.7 Å². The number of fused-ring (bicyclic) bond motifs is 1. The number of pyridine rings is 1. The Labute approximate surface area is 157 Å². The van der Waals surface area contributed by atoms with E-state index in [0.29, 0.717) is 22.3 Å². The molecule has 0 radical (unpaired) electrons. The van der Waals surface area contributed by atoms with E-state index in [1.807, 2.05) is 0 Å². The number of aromatic hydroxyl groups is 1. The van der Waals surface area contributed by atoms with E-state index in [0.717, 1.165) is 0 Å². The number of aryl methyl sites for hydroxylation is 1. The highest BCUT2D eigenvalue weighted by molar-refractivity contribution is 5.93. The zero-order valence-corrected chi connectivity index (χ0v) is 14.8. The summed E-state index contributed by atoms with van der Waals surface area (Å²) in [5.41, 5.74) is 6.10. The van der Waals surface area contributed by atoms with Crippen LogP contribution in [-0.2, 0) is 7.05 Å². The van der Waals surface area contributed by atoms with Crippen LogP contribution in [0, 0.1) is 0 Å². The summed E-state index contributed by atoms with van der Waals surface area (Å²) in [6, 6.07) is 13.5. The molecule has 28 heavy (non-hydrogen) atoms. The second-order valence-electron chi connectivity index (χ2n) is 6.20. The predicted molar refractivity (Wildman–Crippen MR) is 106 cm³/mol. The number of H-pyrrole nitrogens is 2. The van der Waals surface area contributed by atoms with Crippen molar-refractivity contribution in [2.24, 2.45) is 17.3 Å². The molecule has 0 amide bonds. The topological polar surface area (TPSA) is 142 Å². The van der Waals surface area contributed by atoms with E-state index >= 15 is 0 Å². The Bertz CT molecular complexity index is 1330. The van der Waals surface area contributed by atoms with Gasteiger partial charge in [0.05, 0.1) is 11.2 Å². The summed E-state index contributed by atoms with van der Waals surface area (Å²) in [7, 11) is 1.59. The third-order valence-electron chi connectivity index (χ3n) is 4.44. The predicted octanol–water partition coefficient (Wildman–Crippen LogP) is 2.93. The number of anilines is 1. The van der Waals surface area contributed by atoms with Crippen molar-refractivity contribution < 1.29 is 5.11 Å². The van der Waals surface area contributed by atoms with Crippen LogP contribution in [0.3, 0.4) is 0 Å². The van der Waals surface area contributed by atoms with Crippen LogP contribution >= 0.6 is 0 Å². The highest BCUT2D eigenvalue weighted by Crippen LogP contribution is 2.35. The van der Waals surface area contributed by atoms with Crippen molar-refractivity contribution in [2.45, 2.75) is 0 Å². The van der Waals surface area contributed by atoms with Gasteiger partial charge in [-0.25, -0.2) is 0 Å². The van der Waals surface area contributed by atoms with Crippen molar-refractivity contribution in [3.05, 3.63) is 69.2 Å². The Kier molecular flexibility index (Phi) is 4.04. The number of hydrogen-bond donors (Lipinski definition) is 4. The Morgan fingerprint density at radius 1 is 1.00 bits per heavy atom. The normalized spacial score (nSPS) is 11.5. The highest BCUT2D eigenvalue weighted by Gasteiger charge is 2.22. The zero-order valence-electron chi connectivity index (χ0n) is 14.8. The molecule has 0 bridgehead atoms. The molecule has 0 aliphatic carbocycles. The summed E-state index contributed by atoms with van der Waals surface area (Å²) >= 11 is 0. The number of nitrogens with one attached hydrogen (secondary N) is 2. The summed E-state index contributed by atoms with van der Waals surface area (Å²) in [6.07, 6.45) is 0. The van der Waals surface area contributed by atoms with Gasteiger partial charge in [0.15, 0.2) is 5.69 Å². The van der Waals surface area contributed by atoms with Crippen molar-refractivity contribution in [3.63, 3.8) is 0 Å². The molecule has 0 aliphatic heterocycles. The Morgan fingerprint density at radius 2 is 1.71 bits per heavy atom. The number of nitrogen functional groups attached to an aromatic ring is 1. The fourth-order valence-electron chi connectivity index (χ4n) is 2.98. The monoisotopic (exact) mass is 376 g/mol. The van der Waals surface area contributed by atoms with Crippen LogP contribution < -0.4 is 16.9 Å². The Morgan fingerprint density at radius 3 is 2.46 bits per heavy atom. The minimum atomic E-state index is -0.566. The maximum Gasteiger partial charge on any atom is 0.292 e. The smallest absolute Gasteiger partial charge is 0.292 e. The van der Waals surface area contributed by atoms with Crippen LogP contribution in [-0.4, -0.2) is 19.9 Å². The zero-order chi connectivity index (χ0) is 19.8. The Hall–Kier alpha value is -4.14. The summed E-state index contributed by atoms with van der Waals surface area (Å²) < 4.78 is 1.40. The van der Waals surface area contributed by atoms with Crippen LogP contribution in [0.5, 0.6) is 5.75 Å². The van der Waals surface area contributed by atoms with Crippen molar-refractivity contribution in [1.29, 1.82) is 0 Å². The van der Waals surface area contributed by atoms with Gasteiger partial charge in [0.25, 0.3) is 11.1 Å². The summed E-state index contributed by atoms with van der Waals surface area (Å²) in [4.78, 5) is 25.1. The average Bonchev–Trinajstić information content (AvgIpc) is 3.06. The maximum absolute atomic E-state index is 12.9. The number of azo groups is 1. The molecule has 140 valence electrons. The molecular formula is C19H16N6O3. The van der Waals surface area contributed by atoms with Crippen LogP contribution in [0.25, 0.3) is 22.2 Å². The number of rotatable bonds is 3. The van der Waals surface area contributed by atoms with E-state index < -0.39 is 11.1 Å². The second kappa shape index (κ2) is 6.54. The van der Waals surface area contributed by atoms with Gasteiger partial charge in [-0.2, -0.15) is 5.11 Å². The molecule has 2 aromatic heterocycles. The number of nitrogens with zero attached hydrogens (tertiary/aromatic N) is 3. The Balaban J connectivity index is 1.91. The van der Waals surface area contributed by atoms with E-state index in [1.165, 1.54) is 4.57 Å². The molecule has 0 aliphatic rings. The van der Waals surface area contributed by atoms with Crippen LogP contribution in [0.1, 0.15) is 0 Å². The number of aromatic amines is 2. The first kappa shape index (κ1) is 17.3. The number of aromatic nitrogens is 3. The maximum atomic E-state index is 12.9. The lowest BCUT2D eigenvalue weighted by atomic mass is 10.1. The molecule has 4 rings (SSSR count). The first-order chi connectivity index (χ1) is 13.5. The van der Waals surface area contributed by atoms with Crippen molar-refractivity contribution >= 4 is 28.0 Å². The summed E-state index contributed by atoms with van der Waals surface area (Å²) in [5.74, 6) is -0.238. The quantitative estimate of drug-likeness (QED) is 0.322. The molecule has 5 N–H and O–H groups in total. The molecular weight excluding hydrogens is 360 g/mol. The van der Waals surface area contributed by atoms with Gasteiger partial charge in [0.1, 0.15) is 17.0 Å². The van der Waals surface area contributed by atoms with Gasteiger partial charge >= 0.3 is 0 Å². The van der Waals surface area contributed by atoms with Gasteiger partial charge in [-0.15, -0.1) is 5.11 Å². The largest absolute Gasteiger partial charge is 0.506 e. The molecule has 2 heterocycles. The lowest BCUT2D eigenvalue weighted by Crippen LogP contribution is -2.19. The molecule has 0 spiro atoms. The van der Waals surface area contributed by atoms with Gasteiger partial charge in [-0.1, -0.05) is 12.1 Å². The van der Waals surface area contributed by atoms with Gasteiger partial charge in [-0.3, -0.25) is 19.8 Å². The fourth-order valence-corrected chi connectivity index (χ4v) is 2.98. The number of para-hydroxylation sites is 1. The van der Waals surface area contributed by atoms with E-state index in [-0.39, 0.29) is 22.7 Å². The SMILES string of the molecule is Cn1c(=O)c(-c2[nH][nH]c(=O)c2N=Nc2ccc(N)cc2)c(O)c2ccccc21. The molecule has 9 nitrogen and oxygen atoms in total. The lowest BCUT2D eigenvalue weighted by molar-refractivity contribution is 0.481. The van der Waals surface area contributed by atoms with E-state index in [1.54, 1.807) is 55.6 Å². The van der Waals surface area contributed by atoms with Gasteiger partial charge < -0.3 is 15.4 Å². The van der Waals surface area contributed by atoms with Crippen LogP contribution in [0.4, 0.5) is 17.1 Å². The molecule has 9 heteroatoms. The summed E-state index contributed by atoms with van der Waals surface area (Å²) in [5, 5.41) is 24.2. The first-order valence-electron chi connectivity index (χ1n) is 8.36. The number of hydrogen-bond acceptors (Lipinski definition) is 6. The first-order valence-corrected chi connectivity index (χ1v) is 8.36. The van der Waals surface area contributed by atoms with Crippen molar-refractivity contribution in [2.75, 3.05) is 5.73 Å². The van der Waals surface area contributed by atoms with Crippen LogP contribution in [0.15, 0.2) is 68.3 Å². The lowest BCUT2D eigenvalue weighted by Gasteiger charge is -2.10. The molecule has 0 saturated carbocycles. The van der Waals surface area contributed by atoms with Crippen molar-refractivity contribution in [1.82, 2.24) is 14.8 Å². The minimum Gasteiger partial charge on any atom is -0.506 e. The van der Waals surface area contributed by atoms with E-state index in [2.05, 4.69) is 20.4 Å². The van der Waals surface area contributed by atoms with E-state index in [4.69, 9.17) is 5.73 Å². The summed E-state index contributed by atoms with van der Waals surface area (Å²) in [6.45, 7) is 0. The molecule has 2 aromatic carbocycles. The standard InChI is InChI=1S/C19H16N6O3/c1-25-13-5-3-2-4-12(13)17(26)14(19(25)28)15-16(18(27)24-22-15)23-21-11-8-6-10(20)7-9-11/h2-9,26H,20H2,1H3,(H2,22,24,27). The highest BCUT2D eigenvalue weighted by atomic mass is 16.3. The number of nitrogens with two attached hydrogens (primary N) is 1. The second-order valence-corrected chi connectivity index (χ2v) is 6.20. The molecule has 0 fully saturated rings. The van der Waals surface area contributed by atoms with Gasteiger partial charge in [0, 0.05) is 18.1 Å². The average molecular weight is 376 g/mol. The van der Waals surface area contributed by atoms with Gasteiger partial charge in [0.2, 0.25) is 0 Å². The third kappa shape index (κ3) is 2.75. The molecule has 0 saturated heterocycles. The van der Waals surface area contributed by atoms with Crippen molar-refractivity contribution in [3.8, 4) is 17.0 Å². The number of benzene rings is 2. The molecule has 4 aromatic rings. The van der Waals surface area contributed by atoms with Gasteiger partial charge in [-0.05, 0) is 36.4 Å². The fraction of sp³-hybridized carbons (Fsp3) is 0.0526.